The van der Waals surface area contributed by atoms with E-state index in [0.717, 1.165) is 38.5 Å². The van der Waals surface area contributed by atoms with E-state index in [9.17, 15) is 18.8 Å². The van der Waals surface area contributed by atoms with Crippen LogP contribution >= 0.6 is 23.4 Å². The molecule has 0 unspecified atom stereocenters. The maximum absolute atomic E-state index is 15.0. The van der Waals surface area contributed by atoms with Crippen molar-refractivity contribution in [3.63, 3.8) is 0 Å². The molecule has 5 aromatic carbocycles. The van der Waals surface area contributed by atoms with Crippen LogP contribution in [0, 0.1) is 17.6 Å². The number of halogens is 3. The summed E-state index contributed by atoms with van der Waals surface area (Å²) in [5.41, 5.74) is 5.33. The molecule has 2 fully saturated rings. The highest BCUT2D eigenvalue weighted by Gasteiger charge is 2.37. The van der Waals surface area contributed by atoms with Crippen LogP contribution in [0.15, 0.2) is 120 Å². The highest BCUT2D eigenvalue weighted by atomic mass is 35.5. The molecule has 2 saturated heterocycles. The predicted molar refractivity (Wildman–Crippen MR) is 248 cm³/mol. The Labute approximate surface area is 383 Å². The lowest BCUT2D eigenvalue weighted by molar-refractivity contribution is -0.137. The molecular weight excluding hydrogens is 856 g/mol. The minimum atomic E-state index is -0.757. The average Bonchev–Trinajstić information content (AvgIpc) is 3.30. The zero-order valence-corrected chi connectivity index (χ0v) is 37.5. The van der Waals surface area contributed by atoms with Gasteiger partial charge in [0.15, 0.2) is 0 Å². The number of piperidine rings is 1. The van der Waals surface area contributed by atoms with Gasteiger partial charge in [0.25, 0.3) is 0 Å². The molecule has 0 radical (unpaired) electrons. The summed E-state index contributed by atoms with van der Waals surface area (Å²) in [4.78, 5) is 47.7. The second-order valence-corrected chi connectivity index (χ2v) is 17.9. The topological polar surface area (TPSA) is 103 Å². The maximum Gasteiger partial charge on any atom is 0.411 e. The first-order valence-corrected chi connectivity index (χ1v) is 23.2. The summed E-state index contributed by atoms with van der Waals surface area (Å²) in [6.45, 7) is 7.31. The molecule has 336 valence electrons. The molecule has 64 heavy (non-hydrogen) atoms. The van der Waals surface area contributed by atoms with Crippen LogP contribution in [-0.2, 0) is 40.4 Å². The van der Waals surface area contributed by atoms with Crippen LogP contribution in [0.3, 0.4) is 0 Å². The molecule has 14 heteroatoms. The molecule has 2 heterocycles. The monoisotopic (exact) mass is 909 g/mol. The Morgan fingerprint density at radius 2 is 1.41 bits per heavy atom. The van der Waals surface area contributed by atoms with Crippen molar-refractivity contribution in [3.8, 4) is 11.1 Å². The van der Waals surface area contributed by atoms with E-state index in [1.54, 1.807) is 30.0 Å². The van der Waals surface area contributed by atoms with Gasteiger partial charge in [0.1, 0.15) is 30.9 Å². The normalized spacial score (nSPS) is 15.3. The molecule has 0 spiro atoms. The third-order valence-corrected chi connectivity index (χ3v) is 12.9. The molecule has 0 aliphatic carbocycles. The summed E-state index contributed by atoms with van der Waals surface area (Å²) in [6.07, 6.45) is 0.656. The molecule has 0 bridgehead atoms. The number of likely N-dealkylation sites (tertiary alicyclic amines) is 1. The van der Waals surface area contributed by atoms with Crippen LogP contribution in [0.2, 0.25) is 5.02 Å². The summed E-state index contributed by atoms with van der Waals surface area (Å²) in [6, 6.07) is 32.8. The van der Waals surface area contributed by atoms with Crippen molar-refractivity contribution in [1.82, 2.24) is 20.0 Å². The smallest absolute Gasteiger partial charge is 0.411 e. The van der Waals surface area contributed by atoms with E-state index in [-0.39, 0.29) is 36.5 Å². The fourth-order valence-electron chi connectivity index (χ4n) is 8.32. The number of benzene rings is 5. The third kappa shape index (κ3) is 13.3. The number of ether oxygens (including phenoxy) is 2. The fourth-order valence-corrected chi connectivity index (χ4v) is 9.34. The molecule has 2 N–H and O–H groups in total. The van der Waals surface area contributed by atoms with E-state index >= 15 is 4.39 Å². The summed E-state index contributed by atoms with van der Waals surface area (Å²) >= 11 is 8.12. The number of carbonyl (C=O) groups is 3. The zero-order chi connectivity index (χ0) is 44.8. The van der Waals surface area contributed by atoms with Gasteiger partial charge in [-0.2, -0.15) is 0 Å². The first-order chi connectivity index (χ1) is 31.1. The largest absolute Gasteiger partial charge is 0.445 e. The first-order valence-electron chi connectivity index (χ1n) is 21.8. The predicted octanol–water partition coefficient (Wildman–Crippen LogP) is 10.0. The summed E-state index contributed by atoms with van der Waals surface area (Å²) in [7, 11) is 0. The van der Waals surface area contributed by atoms with Crippen molar-refractivity contribution in [1.29, 1.82) is 0 Å². The highest BCUT2D eigenvalue weighted by Crippen LogP contribution is 2.32. The van der Waals surface area contributed by atoms with E-state index < -0.39 is 24.0 Å². The van der Waals surface area contributed by atoms with Crippen LogP contribution in [0.25, 0.3) is 11.1 Å². The highest BCUT2D eigenvalue weighted by molar-refractivity contribution is 7.99. The Bertz CT molecular complexity index is 2350. The number of nitrogens with zero attached hydrogens (tertiary/aromatic N) is 3. The van der Waals surface area contributed by atoms with Crippen molar-refractivity contribution in [2.75, 3.05) is 56.9 Å². The molecule has 2 aliphatic heterocycles. The third-order valence-electron chi connectivity index (χ3n) is 11.7. The van der Waals surface area contributed by atoms with Crippen LogP contribution in [0.4, 0.5) is 24.1 Å². The lowest BCUT2D eigenvalue weighted by atomic mass is 9.88. The maximum atomic E-state index is 15.0. The van der Waals surface area contributed by atoms with Gasteiger partial charge in [0, 0.05) is 54.9 Å². The molecule has 2 aliphatic rings. The number of alkyl carbamates (subject to hydrolysis) is 1. The fraction of sp³-hybridized carbons (Fsp3) is 0.340. The molecule has 3 amide bonds. The lowest BCUT2D eigenvalue weighted by Crippen LogP contribution is -2.58. The number of rotatable bonds is 16. The van der Waals surface area contributed by atoms with Gasteiger partial charge < -0.3 is 24.6 Å². The molecule has 7 rings (SSSR count). The minimum Gasteiger partial charge on any atom is -0.445 e. The lowest BCUT2D eigenvalue weighted by Gasteiger charge is -2.40. The number of piperazine rings is 1. The molecule has 0 saturated carbocycles. The Kier molecular flexibility index (Phi) is 16.7. The van der Waals surface area contributed by atoms with Crippen LogP contribution < -0.4 is 10.6 Å². The molecule has 1 atom stereocenters. The minimum absolute atomic E-state index is 0.0833. The van der Waals surface area contributed by atoms with Crippen molar-refractivity contribution >= 4 is 47.1 Å². The van der Waals surface area contributed by atoms with Crippen molar-refractivity contribution < 1.29 is 32.6 Å². The number of anilines is 1. The SMILES string of the molecule is CCSc1cc(F)ccc1CN1CCN(C(=O)[C@H](NC(=O)OCc2ccccc2)C2CCN(CCc3cc(Cl)ccc3-c3cc(F)cc(NC(=O)OCc4ccccc4)c3)CC2)CC1. The first kappa shape index (κ1) is 46.5. The quantitative estimate of drug-likeness (QED) is 0.0944. The molecular formula is C50H54ClF2N5O5S. The average molecular weight is 911 g/mol. The number of carbonyl (C=O) groups excluding carboxylic acids is 3. The van der Waals surface area contributed by atoms with Crippen LogP contribution in [-0.4, -0.2) is 90.4 Å². The number of thioether (sulfide) groups is 1. The van der Waals surface area contributed by atoms with Gasteiger partial charge in [-0.25, -0.2) is 18.4 Å². The Hall–Kier alpha value is -5.47. The second-order valence-electron chi connectivity index (χ2n) is 16.1. The van der Waals surface area contributed by atoms with Gasteiger partial charge in [-0.05, 0) is 120 Å². The van der Waals surface area contributed by atoms with Crippen molar-refractivity contribution in [2.45, 2.75) is 56.9 Å². The van der Waals surface area contributed by atoms with Crippen LogP contribution in [0.1, 0.15) is 42.0 Å². The number of nitrogens with one attached hydrogen (secondary N) is 2. The van der Waals surface area contributed by atoms with Crippen LogP contribution in [0.5, 0.6) is 0 Å². The van der Waals surface area contributed by atoms with E-state index in [0.29, 0.717) is 82.2 Å². The van der Waals surface area contributed by atoms with E-state index in [4.69, 9.17) is 21.1 Å². The summed E-state index contributed by atoms with van der Waals surface area (Å²) in [5, 5.41) is 6.18. The number of amides is 3. The summed E-state index contributed by atoms with van der Waals surface area (Å²) < 4.78 is 40.0. The summed E-state index contributed by atoms with van der Waals surface area (Å²) in [5.74, 6) is -0.139. The van der Waals surface area contributed by atoms with Gasteiger partial charge in [-0.1, -0.05) is 91.3 Å². The number of hydrogen-bond donors (Lipinski definition) is 2. The molecule has 5 aromatic rings. The van der Waals surface area contributed by atoms with E-state index in [2.05, 4.69) is 20.4 Å². The number of hydrogen-bond acceptors (Lipinski definition) is 8. The Morgan fingerprint density at radius 1 is 0.734 bits per heavy atom. The standard InChI is InChI=1S/C50H54ClF2N5O5S/c1-2-64-46-31-42(52)15-13-39(46)32-57-23-25-58(26-24-57)48(59)47(55-50(61)63-34-36-11-7-4-8-12-36)37-17-20-56(21-18-37)22-19-38-27-41(51)14-16-45(38)40-28-43(53)30-44(29-40)54-49(60)62-33-35-9-5-3-6-10-35/h3-16,27-31,37,47H,2,17-26,32-34H2,1H3,(H,54,60)(H,55,61)/t47-/m1/s1. The Morgan fingerprint density at radius 3 is 2.08 bits per heavy atom. The van der Waals surface area contributed by atoms with Gasteiger partial charge >= 0.3 is 12.2 Å². The second kappa shape index (κ2) is 22.9. The van der Waals surface area contributed by atoms with Crippen molar-refractivity contribution in [2.24, 2.45) is 5.92 Å². The van der Waals surface area contributed by atoms with Gasteiger partial charge in [0.05, 0.1) is 0 Å². The van der Waals surface area contributed by atoms with E-state index in [1.165, 1.54) is 18.2 Å². The zero-order valence-electron chi connectivity index (χ0n) is 35.9. The van der Waals surface area contributed by atoms with Gasteiger partial charge in [0.2, 0.25) is 5.91 Å². The van der Waals surface area contributed by atoms with E-state index in [1.807, 2.05) is 90.7 Å². The van der Waals surface area contributed by atoms with Gasteiger partial charge in [-0.3, -0.25) is 15.0 Å². The molecule has 0 aromatic heterocycles. The Balaban J connectivity index is 0.969. The molecule has 10 nitrogen and oxygen atoms in total. The van der Waals surface area contributed by atoms with Crippen molar-refractivity contribution in [3.05, 3.63) is 154 Å². The van der Waals surface area contributed by atoms with Gasteiger partial charge in [-0.15, -0.1) is 11.8 Å².